The molecule has 0 saturated carbocycles. The Hall–Kier alpha value is -3.58. The number of ether oxygens (including phenoxy) is 2. The van der Waals surface area contributed by atoms with E-state index in [1.807, 2.05) is 28.8 Å². The normalized spacial score (nSPS) is 15.8. The van der Waals surface area contributed by atoms with Crippen molar-refractivity contribution in [2.45, 2.75) is 18.9 Å². The number of fused-ring (bicyclic) bond motifs is 1. The number of carbonyl (C=O) groups excluding carboxylic acids is 1. The number of benzene rings is 3. The van der Waals surface area contributed by atoms with Gasteiger partial charge < -0.3 is 18.9 Å². The lowest BCUT2D eigenvalue weighted by Crippen LogP contribution is -2.25. The molecule has 5 rings (SSSR count). The van der Waals surface area contributed by atoms with Crippen molar-refractivity contribution in [2.24, 2.45) is 0 Å². The second kappa shape index (κ2) is 8.99. The van der Waals surface area contributed by atoms with Crippen LogP contribution >= 0.6 is 11.6 Å². The van der Waals surface area contributed by atoms with Gasteiger partial charge in [-0.05, 0) is 36.4 Å². The summed E-state index contributed by atoms with van der Waals surface area (Å²) in [4.78, 5) is 19.7. The smallest absolute Gasteiger partial charge is 0.227 e. The highest BCUT2D eigenvalue weighted by Gasteiger charge is 2.36. The molecule has 0 N–H and O–H groups in total. The average molecular weight is 480 g/mol. The summed E-state index contributed by atoms with van der Waals surface area (Å²) in [6.07, 6.45) is 0.273. The van der Waals surface area contributed by atoms with Gasteiger partial charge in [0.1, 0.15) is 23.1 Å². The molecule has 1 aromatic heterocycles. The van der Waals surface area contributed by atoms with E-state index in [2.05, 4.69) is 0 Å². The minimum absolute atomic E-state index is 0.0425. The van der Waals surface area contributed by atoms with Crippen LogP contribution in [0.3, 0.4) is 0 Å². The van der Waals surface area contributed by atoms with Crippen LogP contribution < -0.4 is 14.4 Å². The van der Waals surface area contributed by atoms with Gasteiger partial charge >= 0.3 is 0 Å². The first-order chi connectivity index (χ1) is 16.5. The van der Waals surface area contributed by atoms with Crippen LogP contribution in [0.2, 0.25) is 5.02 Å². The Morgan fingerprint density at radius 3 is 2.68 bits per heavy atom. The molecule has 1 amide bonds. The summed E-state index contributed by atoms with van der Waals surface area (Å²) in [6.45, 7) is 0.630. The van der Waals surface area contributed by atoms with Crippen molar-refractivity contribution in [2.75, 3.05) is 25.7 Å². The molecule has 0 unspecified atom stereocenters. The van der Waals surface area contributed by atoms with Gasteiger partial charge in [0.25, 0.3) is 0 Å². The second-order valence-electron chi connectivity index (χ2n) is 8.19. The van der Waals surface area contributed by atoms with Crippen LogP contribution in [0.4, 0.5) is 10.1 Å². The van der Waals surface area contributed by atoms with Crippen LogP contribution in [0.15, 0.2) is 60.7 Å². The van der Waals surface area contributed by atoms with Crippen molar-refractivity contribution < 1.29 is 18.7 Å². The third-order valence-electron chi connectivity index (χ3n) is 6.23. The number of halogens is 2. The molecule has 0 spiro atoms. The molecule has 1 atom stereocenters. The van der Waals surface area contributed by atoms with Gasteiger partial charge in [0.15, 0.2) is 0 Å². The average Bonchev–Trinajstić information content (AvgIpc) is 3.41. The molecule has 0 aliphatic carbocycles. The molecule has 8 heteroatoms. The summed E-state index contributed by atoms with van der Waals surface area (Å²) in [5.74, 6) is 1.33. The molecule has 2 heterocycles. The van der Waals surface area contributed by atoms with Gasteiger partial charge in [0.05, 0.1) is 37.5 Å². The lowest BCUT2D eigenvalue weighted by molar-refractivity contribution is -0.117. The van der Waals surface area contributed by atoms with Gasteiger partial charge in [0.2, 0.25) is 5.91 Å². The molecular formula is C26H23ClFN3O3. The quantitative estimate of drug-likeness (QED) is 0.371. The summed E-state index contributed by atoms with van der Waals surface area (Å²) in [5, 5.41) is 0.356. The number of rotatable bonds is 6. The molecule has 0 radical (unpaired) electrons. The number of para-hydroxylation sites is 2. The predicted molar refractivity (Wildman–Crippen MR) is 130 cm³/mol. The van der Waals surface area contributed by atoms with Gasteiger partial charge in [-0.3, -0.25) is 4.79 Å². The zero-order valence-corrected chi connectivity index (χ0v) is 19.6. The lowest BCUT2D eigenvalue weighted by atomic mass is 10.1. The Labute approximate surface area is 201 Å². The topological polar surface area (TPSA) is 56.6 Å². The predicted octanol–water partition coefficient (Wildman–Crippen LogP) is 5.41. The highest BCUT2D eigenvalue weighted by atomic mass is 35.5. The van der Waals surface area contributed by atoms with Crippen molar-refractivity contribution in [3.63, 3.8) is 0 Å². The van der Waals surface area contributed by atoms with Crippen molar-refractivity contribution in [1.29, 1.82) is 0 Å². The summed E-state index contributed by atoms with van der Waals surface area (Å²) >= 11 is 6.34. The summed E-state index contributed by atoms with van der Waals surface area (Å²) in [7, 11) is 3.15. The standard InChI is InChI=1S/C26H23ClFN3O3/c1-33-17-10-11-24(34-2)23(13-17)30-14-16(12-25(30)32)26-29-21-8-3-4-9-22(21)31(26)15-18-19(27)6-5-7-20(18)28/h3-11,13,16H,12,14-15H2,1-2H3/t16-/m0/s1. The Morgan fingerprint density at radius 1 is 1.09 bits per heavy atom. The maximum Gasteiger partial charge on any atom is 0.227 e. The monoisotopic (exact) mass is 479 g/mol. The molecule has 0 bridgehead atoms. The number of hydrogen-bond acceptors (Lipinski definition) is 4. The van der Waals surface area contributed by atoms with Crippen LogP contribution in [-0.4, -0.2) is 36.2 Å². The first kappa shape index (κ1) is 22.2. The molecular weight excluding hydrogens is 457 g/mol. The Balaban J connectivity index is 1.56. The molecule has 34 heavy (non-hydrogen) atoms. The van der Waals surface area contributed by atoms with Crippen LogP contribution in [-0.2, 0) is 11.3 Å². The molecule has 1 aliphatic heterocycles. The van der Waals surface area contributed by atoms with Gasteiger partial charge in [-0.15, -0.1) is 0 Å². The van der Waals surface area contributed by atoms with Crippen LogP contribution in [0.1, 0.15) is 23.7 Å². The first-order valence-electron chi connectivity index (χ1n) is 10.9. The zero-order chi connectivity index (χ0) is 23.8. The zero-order valence-electron chi connectivity index (χ0n) is 18.8. The third-order valence-corrected chi connectivity index (χ3v) is 6.58. The van der Waals surface area contributed by atoms with E-state index >= 15 is 0 Å². The minimum atomic E-state index is -0.374. The van der Waals surface area contributed by atoms with E-state index in [0.29, 0.717) is 34.3 Å². The Kier molecular flexibility index (Phi) is 5.87. The SMILES string of the molecule is COc1ccc(OC)c(N2C[C@@H](c3nc4ccccc4n3Cc3c(F)cccc3Cl)CC2=O)c1. The molecule has 1 saturated heterocycles. The van der Waals surface area contributed by atoms with Crippen molar-refractivity contribution in [3.05, 3.63) is 82.9 Å². The van der Waals surface area contributed by atoms with Crippen molar-refractivity contribution in [3.8, 4) is 11.5 Å². The number of amides is 1. The maximum atomic E-state index is 14.6. The molecule has 1 aliphatic rings. The summed E-state index contributed by atoms with van der Waals surface area (Å²) in [6, 6.07) is 17.7. The summed E-state index contributed by atoms with van der Waals surface area (Å²) in [5.41, 5.74) is 2.69. The van der Waals surface area contributed by atoms with E-state index in [1.54, 1.807) is 49.5 Å². The molecule has 174 valence electrons. The fourth-order valence-corrected chi connectivity index (χ4v) is 4.76. The maximum absolute atomic E-state index is 14.6. The number of methoxy groups -OCH3 is 2. The van der Waals surface area contributed by atoms with Gasteiger partial charge in [-0.25, -0.2) is 9.37 Å². The minimum Gasteiger partial charge on any atom is -0.497 e. The molecule has 3 aromatic carbocycles. The second-order valence-corrected chi connectivity index (χ2v) is 8.60. The molecule has 1 fully saturated rings. The van der Waals surface area contributed by atoms with Crippen LogP contribution in [0, 0.1) is 5.82 Å². The van der Waals surface area contributed by atoms with E-state index in [0.717, 1.165) is 16.9 Å². The number of hydrogen-bond donors (Lipinski definition) is 0. The highest BCUT2D eigenvalue weighted by Crippen LogP contribution is 2.39. The highest BCUT2D eigenvalue weighted by molar-refractivity contribution is 6.31. The van der Waals surface area contributed by atoms with E-state index in [4.69, 9.17) is 26.1 Å². The van der Waals surface area contributed by atoms with Crippen LogP contribution in [0.25, 0.3) is 11.0 Å². The fourth-order valence-electron chi connectivity index (χ4n) is 4.53. The number of nitrogens with zero attached hydrogens (tertiary/aromatic N) is 3. The lowest BCUT2D eigenvalue weighted by Gasteiger charge is -2.20. The van der Waals surface area contributed by atoms with E-state index in [1.165, 1.54) is 6.07 Å². The number of anilines is 1. The Morgan fingerprint density at radius 2 is 1.91 bits per heavy atom. The third kappa shape index (κ3) is 3.86. The summed E-state index contributed by atoms with van der Waals surface area (Å²) < 4.78 is 27.5. The van der Waals surface area contributed by atoms with E-state index in [9.17, 15) is 9.18 Å². The van der Waals surface area contributed by atoms with Crippen molar-refractivity contribution >= 4 is 34.2 Å². The van der Waals surface area contributed by atoms with E-state index in [-0.39, 0.29) is 30.6 Å². The van der Waals surface area contributed by atoms with Gasteiger partial charge in [-0.2, -0.15) is 0 Å². The Bertz CT molecular complexity index is 1370. The number of carbonyl (C=O) groups is 1. The number of aromatic nitrogens is 2. The molecule has 6 nitrogen and oxygen atoms in total. The first-order valence-corrected chi connectivity index (χ1v) is 11.3. The fraction of sp³-hybridized carbons (Fsp3) is 0.231. The molecule has 4 aromatic rings. The van der Waals surface area contributed by atoms with Gasteiger partial charge in [-0.1, -0.05) is 29.8 Å². The number of imidazole rings is 1. The van der Waals surface area contributed by atoms with Crippen molar-refractivity contribution in [1.82, 2.24) is 9.55 Å². The van der Waals surface area contributed by atoms with E-state index < -0.39 is 0 Å². The van der Waals surface area contributed by atoms with Crippen LogP contribution in [0.5, 0.6) is 11.5 Å². The largest absolute Gasteiger partial charge is 0.497 e. The van der Waals surface area contributed by atoms with Gasteiger partial charge in [0, 0.05) is 35.5 Å².